The Bertz CT molecular complexity index is 453. The van der Waals surface area contributed by atoms with Crippen molar-refractivity contribution >= 4 is 22.5 Å². The molecule has 1 saturated carbocycles. The highest BCUT2D eigenvalue weighted by atomic mass is 32.1. The highest BCUT2D eigenvalue weighted by molar-refractivity contribution is 7.15. The zero-order valence-corrected chi connectivity index (χ0v) is 11.6. The fourth-order valence-electron chi connectivity index (χ4n) is 1.77. The lowest BCUT2D eigenvalue weighted by atomic mass is 10.3. The van der Waals surface area contributed by atoms with Crippen LogP contribution in [0.4, 0.5) is 18.7 Å². The number of amides is 2. The van der Waals surface area contributed by atoms with Crippen molar-refractivity contribution in [2.45, 2.75) is 38.2 Å². The van der Waals surface area contributed by atoms with Crippen molar-refractivity contribution in [2.75, 3.05) is 18.5 Å². The predicted molar refractivity (Wildman–Crippen MR) is 69.9 cm³/mol. The van der Waals surface area contributed by atoms with Gasteiger partial charge in [-0.2, -0.15) is 0 Å². The second-order valence-electron chi connectivity index (χ2n) is 4.53. The van der Waals surface area contributed by atoms with Crippen molar-refractivity contribution in [1.82, 2.24) is 15.1 Å². The number of nitrogens with one attached hydrogen (secondary N) is 1. The van der Waals surface area contributed by atoms with E-state index in [2.05, 4.69) is 15.5 Å². The molecule has 0 radical (unpaired) electrons. The number of aromatic nitrogens is 2. The molecule has 20 heavy (non-hydrogen) atoms. The lowest BCUT2D eigenvalue weighted by Crippen LogP contribution is -2.37. The zero-order valence-electron chi connectivity index (χ0n) is 10.8. The molecule has 1 aromatic rings. The molecule has 1 fully saturated rings. The number of nitrogens with zero attached hydrogens (tertiary/aromatic N) is 3. The Morgan fingerprint density at radius 1 is 1.45 bits per heavy atom. The van der Waals surface area contributed by atoms with Crippen molar-refractivity contribution in [3.8, 4) is 0 Å². The number of urea groups is 1. The summed E-state index contributed by atoms with van der Waals surface area (Å²) in [5, 5.41) is 17.8. The van der Waals surface area contributed by atoms with E-state index >= 15 is 0 Å². The van der Waals surface area contributed by atoms with Gasteiger partial charge in [-0.05, 0) is 25.7 Å². The summed E-state index contributed by atoms with van der Waals surface area (Å²) in [6, 6.07) is -0.140. The number of carbonyl (C=O) groups excluding carboxylic acids is 1. The summed E-state index contributed by atoms with van der Waals surface area (Å²) in [5.41, 5.74) is 0. The molecular formula is C11H16F2N4O2S. The monoisotopic (exact) mass is 306 g/mol. The maximum absolute atomic E-state index is 12.4. The number of anilines is 1. The number of rotatable bonds is 7. The van der Waals surface area contributed by atoms with Crippen molar-refractivity contribution in [3.05, 3.63) is 5.01 Å². The largest absolute Gasteiger partial charge is 0.396 e. The Hall–Kier alpha value is -1.35. The molecule has 2 amide bonds. The zero-order chi connectivity index (χ0) is 14.5. The lowest BCUT2D eigenvalue weighted by Gasteiger charge is -2.21. The number of alkyl halides is 2. The number of unbranched alkanes of at least 4 members (excludes halogenated alkanes) is 1. The summed E-state index contributed by atoms with van der Waals surface area (Å²) in [7, 11) is 0. The van der Waals surface area contributed by atoms with Crippen LogP contribution in [-0.2, 0) is 0 Å². The molecule has 112 valence electrons. The molecule has 0 aliphatic heterocycles. The molecule has 0 atom stereocenters. The number of aliphatic hydroxyl groups excluding tert-OH is 1. The molecule has 1 aliphatic rings. The van der Waals surface area contributed by atoms with Gasteiger partial charge in [-0.1, -0.05) is 11.3 Å². The van der Waals surface area contributed by atoms with Gasteiger partial charge >= 0.3 is 6.03 Å². The SMILES string of the molecule is O=C(Nc1nnc(C(F)F)s1)N(CCCCO)C1CC1. The minimum atomic E-state index is -2.68. The highest BCUT2D eigenvalue weighted by Crippen LogP contribution is 2.29. The average Bonchev–Trinajstić information content (AvgIpc) is 3.13. The third-order valence-corrected chi connectivity index (χ3v) is 3.74. The molecule has 2 rings (SSSR count). The van der Waals surface area contributed by atoms with Crippen LogP contribution in [0.2, 0.25) is 0 Å². The molecule has 0 aromatic carbocycles. The van der Waals surface area contributed by atoms with Crippen LogP contribution in [0.3, 0.4) is 0 Å². The normalized spacial score (nSPS) is 14.6. The Morgan fingerprint density at radius 3 is 2.75 bits per heavy atom. The number of carbonyl (C=O) groups is 1. The fraction of sp³-hybridized carbons (Fsp3) is 0.727. The maximum atomic E-state index is 12.4. The molecule has 9 heteroatoms. The van der Waals surface area contributed by atoms with Crippen molar-refractivity contribution < 1.29 is 18.7 Å². The van der Waals surface area contributed by atoms with Crippen LogP contribution in [0.25, 0.3) is 0 Å². The van der Waals surface area contributed by atoms with E-state index in [1.165, 1.54) is 0 Å². The predicted octanol–water partition coefficient (Wildman–Crippen LogP) is 2.24. The highest BCUT2D eigenvalue weighted by Gasteiger charge is 2.32. The van der Waals surface area contributed by atoms with Crippen molar-refractivity contribution in [3.63, 3.8) is 0 Å². The van der Waals surface area contributed by atoms with Gasteiger partial charge in [0.15, 0.2) is 5.01 Å². The third kappa shape index (κ3) is 4.07. The van der Waals surface area contributed by atoms with Gasteiger partial charge in [-0.3, -0.25) is 5.32 Å². The Labute approximate surface area is 118 Å². The Balaban J connectivity index is 1.90. The minimum Gasteiger partial charge on any atom is -0.396 e. The first-order chi connectivity index (χ1) is 9.61. The van der Waals surface area contributed by atoms with Gasteiger partial charge in [0.1, 0.15) is 0 Å². The summed E-state index contributed by atoms with van der Waals surface area (Å²) in [4.78, 5) is 13.7. The van der Waals surface area contributed by atoms with E-state index in [9.17, 15) is 13.6 Å². The van der Waals surface area contributed by atoms with Crippen molar-refractivity contribution in [1.29, 1.82) is 0 Å². The summed E-state index contributed by atoms with van der Waals surface area (Å²) < 4.78 is 24.8. The van der Waals surface area contributed by atoms with Gasteiger partial charge in [0.25, 0.3) is 6.43 Å². The van der Waals surface area contributed by atoms with Gasteiger partial charge in [-0.15, -0.1) is 10.2 Å². The van der Waals surface area contributed by atoms with E-state index in [1.807, 2.05) is 0 Å². The molecule has 0 bridgehead atoms. The molecule has 6 nitrogen and oxygen atoms in total. The van der Waals surface area contributed by atoms with E-state index in [0.717, 1.165) is 12.8 Å². The van der Waals surface area contributed by atoms with Gasteiger partial charge in [0, 0.05) is 19.2 Å². The molecule has 2 N–H and O–H groups in total. The van der Waals surface area contributed by atoms with Crippen LogP contribution < -0.4 is 5.32 Å². The van der Waals surface area contributed by atoms with Crippen LogP contribution in [0.5, 0.6) is 0 Å². The van der Waals surface area contributed by atoms with E-state index in [1.54, 1.807) is 4.90 Å². The Morgan fingerprint density at radius 2 is 2.20 bits per heavy atom. The van der Waals surface area contributed by atoms with Crippen LogP contribution in [0, 0.1) is 0 Å². The second-order valence-corrected chi connectivity index (χ2v) is 5.54. The number of halogens is 2. The molecule has 0 saturated heterocycles. The van der Waals surface area contributed by atoms with E-state index < -0.39 is 11.4 Å². The minimum absolute atomic E-state index is 0.0816. The summed E-state index contributed by atoms with van der Waals surface area (Å²) in [6.45, 7) is 0.631. The van der Waals surface area contributed by atoms with E-state index in [4.69, 9.17) is 5.11 Å². The summed E-state index contributed by atoms with van der Waals surface area (Å²) in [5.74, 6) is 0. The molecular weight excluding hydrogens is 290 g/mol. The van der Waals surface area contributed by atoms with E-state index in [0.29, 0.717) is 30.7 Å². The average molecular weight is 306 g/mol. The van der Waals surface area contributed by atoms with Crippen LogP contribution >= 0.6 is 11.3 Å². The Kier molecular flexibility index (Phi) is 5.18. The van der Waals surface area contributed by atoms with Crippen LogP contribution in [-0.4, -0.2) is 45.4 Å². The third-order valence-electron chi connectivity index (χ3n) is 2.90. The molecule has 0 spiro atoms. The first kappa shape index (κ1) is 15.0. The number of hydrogen-bond acceptors (Lipinski definition) is 5. The quantitative estimate of drug-likeness (QED) is 0.757. The van der Waals surface area contributed by atoms with Crippen molar-refractivity contribution in [2.24, 2.45) is 0 Å². The van der Waals surface area contributed by atoms with Gasteiger partial charge in [0.2, 0.25) is 5.13 Å². The number of aliphatic hydroxyl groups is 1. The summed E-state index contributed by atoms with van der Waals surface area (Å²) >= 11 is 0.676. The standard InChI is InChI=1S/C11H16F2N4O2S/c12-8(13)9-15-16-10(20-9)14-11(19)17(7-3-4-7)5-1-2-6-18/h7-8,18H,1-6H2,(H,14,16,19). The number of hydrogen-bond donors (Lipinski definition) is 2. The van der Waals surface area contributed by atoms with E-state index in [-0.39, 0.29) is 23.8 Å². The maximum Gasteiger partial charge on any atom is 0.323 e. The molecule has 1 aromatic heterocycles. The van der Waals surface area contributed by atoms with Gasteiger partial charge in [0.05, 0.1) is 0 Å². The van der Waals surface area contributed by atoms with Crippen LogP contribution in [0.1, 0.15) is 37.1 Å². The van der Waals surface area contributed by atoms with Gasteiger partial charge in [-0.25, -0.2) is 13.6 Å². The second kappa shape index (κ2) is 6.89. The van der Waals surface area contributed by atoms with Crippen LogP contribution in [0.15, 0.2) is 0 Å². The molecule has 1 heterocycles. The summed E-state index contributed by atoms with van der Waals surface area (Å²) in [6.07, 6.45) is 0.557. The fourth-order valence-corrected chi connectivity index (χ4v) is 2.36. The first-order valence-electron chi connectivity index (χ1n) is 6.42. The smallest absolute Gasteiger partial charge is 0.323 e. The molecule has 0 unspecified atom stereocenters. The lowest BCUT2D eigenvalue weighted by molar-refractivity contribution is 0.150. The first-order valence-corrected chi connectivity index (χ1v) is 7.23. The molecule has 1 aliphatic carbocycles. The topological polar surface area (TPSA) is 78.4 Å². The van der Waals surface area contributed by atoms with Gasteiger partial charge < -0.3 is 10.0 Å².